The van der Waals surface area contributed by atoms with Crippen LogP contribution in [0.3, 0.4) is 0 Å². The molecule has 0 atom stereocenters. The molecule has 0 aliphatic carbocycles. The molecule has 3 heterocycles. The molecule has 1 aliphatic heterocycles. The zero-order valence-corrected chi connectivity index (χ0v) is 15.1. The van der Waals surface area contributed by atoms with Crippen molar-refractivity contribution in [2.75, 3.05) is 13.1 Å². The van der Waals surface area contributed by atoms with Crippen molar-refractivity contribution in [3.05, 3.63) is 36.0 Å². The second-order valence-corrected chi connectivity index (χ2v) is 8.66. The van der Waals surface area contributed by atoms with E-state index in [1.54, 1.807) is 28.6 Å². The number of rotatable bonds is 4. The molecule has 0 bridgehead atoms. The first-order chi connectivity index (χ1) is 12.1. The van der Waals surface area contributed by atoms with Gasteiger partial charge in [0.1, 0.15) is 6.33 Å². The summed E-state index contributed by atoms with van der Waals surface area (Å²) >= 11 is 1.46. The average molecular weight is 375 g/mol. The molecule has 0 unspecified atom stereocenters. The van der Waals surface area contributed by atoms with Crippen molar-refractivity contribution in [2.45, 2.75) is 24.2 Å². The van der Waals surface area contributed by atoms with E-state index in [9.17, 15) is 8.42 Å². The highest BCUT2D eigenvalue weighted by Gasteiger charge is 2.25. The summed E-state index contributed by atoms with van der Waals surface area (Å²) in [7, 11) is -3.40. The minimum atomic E-state index is -3.40. The summed E-state index contributed by atoms with van der Waals surface area (Å²) < 4.78 is 27.0. The van der Waals surface area contributed by atoms with Crippen molar-refractivity contribution >= 4 is 21.4 Å². The number of H-pyrrole nitrogens is 1. The van der Waals surface area contributed by atoms with E-state index in [4.69, 9.17) is 0 Å². The molecule has 7 nitrogen and oxygen atoms in total. The van der Waals surface area contributed by atoms with E-state index in [2.05, 4.69) is 20.2 Å². The molecular formula is C16H17N5O2S2. The van der Waals surface area contributed by atoms with Crippen LogP contribution in [0.5, 0.6) is 0 Å². The van der Waals surface area contributed by atoms with E-state index >= 15 is 0 Å². The Balaban J connectivity index is 1.58. The Morgan fingerprint density at radius 1 is 1.08 bits per heavy atom. The molecule has 9 heteroatoms. The smallest absolute Gasteiger partial charge is 0.243 e. The van der Waals surface area contributed by atoms with E-state index in [1.165, 1.54) is 17.7 Å². The number of thiazole rings is 1. The number of nitrogens with one attached hydrogen (secondary N) is 1. The zero-order chi connectivity index (χ0) is 17.3. The SMILES string of the molecule is O=S(=O)(c1ccc(-c2csc(-c3ncn[nH]3)n2)cc1)N1CCCCC1. The van der Waals surface area contributed by atoms with E-state index in [0.717, 1.165) is 35.5 Å². The van der Waals surface area contributed by atoms with Crippen molar-refractivity contribution in [3.8, 4) is 22.1 Å². The summed E-state index contributed by atoms with van der Waals surface area (Å²) in [6.45, 7) is 1.22. The van der Waals surface area contributed by atoms with Crippen LogP contribution in [-0.4, -0.2) is 46.0 Å². The lowest BCUT2D eigenvalue weighted by Crippen LogP contribution is -2.35. The Hall–Kier alpha value is -2.10. The summed E-state index contributed by atoms with van der Waals surface area (Å²) in [4.78, 5) is 8.95. The van der Waals surface area contributed by atoms with Crippen LogP contribution < -0.4 is 0 Å². The van der Waals surface area contributed by atoms with Crippen LogP contribution in [0.2, 0.25) is 0 Å². The molecule has 25 heavy (non-hydrogen) atoms. The normalized spacial score (nSPS) is 16.2. The molecule has 130 valence electrons. The van der Waals surface area contributed by atoms with Crippen molar-refractivity contribution in [2.24, 2.45) is 0 Å². The predicted octanol–water partition coefficient (Wildman–Crippen LogP) is 2.77. The third-order valence-electron chi connectivity index (χ3n) is 4.22. The molecule has 1 aromatic carbocycles. The molecule has 3 aromatic rings. The Labute approximate surface area is 149 Å². The van der Waals surface area contributed by atoms with Crippen LogP contribution in [0.4, 0.5) is 0 Å². The molecule has 0 spiro atoms. The fourth-order valence-electron chi connectivity index (χ4n) is 2.88. The number of aromatic nitrogens is 4. The van der Waals surface area contributed by atoms with Gasteiger partial charge in [0, 0.05) is 24.0 Å². The quantitative estimate of drug-likeness (QED) is 0.757. The summed E-state index contributed by atoms with van der Waals surface area (Å²) in [6, 6.07) is 6.92. The van der Waals surface area contributed by atoms with Crippen LogP contribution >= 0.6 is 11.3 Å². The lowest BCUT2D eigenvalue weighted by molar-refractivity contribution is 0.346. The Morgan fingerprint density at radius 3 is 2.52 bits per heavy atom. The largest absolute Gasteiger partial charge is 0.257 e. The number of hydrogen-bond acceptors (Lipinski definition) is 6. The van der Waals surface area contributed by atoms with Gasteiger partial charge in [-0.2, -0.15) is 9.40 Å². The number of piperidine rings is 1. The highest BCUT2D eigenvalue weighted by Crippen LogP contribution is 2.28. The first kappa shape index (κ1) is 16.4. The first-order valence-electron chi connectivity index (χ1n) is 8.06. The van der Waals surface area contributed by atoms with Crippen molar-refractivity contribution in [1.82, 2.24) is 24.5 Å². The predicted molar refractivity (Wildman–Crippen MR) is 95.5 cm³/mol. The summed E-state index contributed by atoms with van der Waals surface area (Å²) in [6.07, 6.45) is 4.40. The molecule has 4 rings (SSSR count). The minimum Gasteiger partial charge on any atom is -0.257 e. The van der Waals surface area contributed by atoms with Crippen LogP contribution in [-0.2, 0) is 10.0 Å². The van der Waals surface area contributed by atoms with Gasteiger partial charge in [-0.05, 0) is 25.0 Å². The van der Waals surface area contributed by atoms with Crippen LogP contribution in [0, 0.1) is 0 Å². The molecule has 0 saturated carbocycles. The lowest BCUT2D eigenvalue weighted by atomic mass is 10.2. The fraction of sp³-hybridized carbons (Fsp3) is 0.312. The summed E-state index contributed by atoms with van der Waals surface area (Å²) in [5.74, 6) is 0.626. The van der Waals surface area contributed by atoms with Crippen molar-refractivity contribution < 1.29 is 8.42 Å². The average Bonchev–Trinajstić information content (AvgIpc) is 3.34. The third-order valence-corrected chi connectivity index (χ3v) is 6.99. The zero-order valence-electron chi connectivity index (χ0n) is 13.4. The van der Waals surface area contributed by atoms with Gasteiger partial charge in [-0.1, -0.05) is 18.6 Å². The van der Waals surface area contributed by atoms with Gasteiger partial charge >= 0.3 is 0 Å². The standard InChI is InChI=1S/C16H17N5O2S2/c22-25(23,21-8-2-1-3-9-21)13-6-4-12(5-7-13)14-10-24-16(19-14)15-17-11-18-20-15/h4-7,10-11H,1-3,8-9H2,(H,17,18,20). The number of hydrogen-bond donors (Lipinski definition) is 1. The van der Waals surface area contributed by atoms with E-state index in [0.29, 0.717) is 23.8 Å². The second kappa shape index (κ2) is 6.66. The van der Waals surface area contributed by atoms with E-state index in [-0.39, 0.29) is 0 Å². The van der Waals surface area contributed by atoms with E-state index < -0.39 is 10.0 Å². The number of aromatic amines is 1. The molecular weight excluding hydrogens is 358 g/mol. The van der Waals surface area contributed by atoms with Gasteiger partial charge in [-0.15, -0.1) is 11.3 Å². The highest BCUT2D eigenvalue weighted by atomic mass is 32.2. The van der Waals surface area contributed by atoms with Gasteiger partial charge in [0.25, 0.3) is 0 Å². The molecule has 1 N–H and O–H groups in total. The topological polar surface area (TPSA) is 91.8 Å². The van der Waals surface area contributed by atoms with E-state index in [1.807, 2.05) is 5.38 Å². The van der Waals surface area contributed by atoms with Gasteiger partial charge in [0.15, 0.2) is 10.8 Å². The Kier molecular flexibility index (Phi) is 4.36. The molecule has 0 amide bonds. The Morgan fingerprint density at radius 2 is 1.84 bits per heavy atom. The number of sulfonamides is 1. The maximum absolute atomic E-state index is 12.7. The molecule has 2 aromatic heterocycles. The van der Waals surface area contributed by atoms with Crippen LogP contribution in [0.1, 0.15) is 19.3 Å². The van der Waals surface area contributed by atoms with Gasteiger partial charge < -0.3 is 0 Å². The number of benzene rings is 1. The monoisotopic (exact) mass is 375 g/mol. The maximum atomic E-state index is 12.7. The fourth-order valence-corrected chi connectivity index (χ4v) is 5.17. The maximum Gasteiger partial charge on any atom is 0.243 e. The molecule has 1 aliphatic rings. The second-order valence-electron chi connectivity index (χ2n) is 5.86. The van der Waals surface area contributed by atoms with Crippen molar-refractivity contribution in [3.63, 3.8) is 0 Å². The van der Waals surface area contributed by atoms with Gasteiger partial charge in [-0.3, -0.25) is 5.10 Å². The summed E-state index contributed by atoms with van der Waals surface area (Å²) in [5, 5.41) is 9.28. The lowest BCUT2D eigenvalue weighted by Gasteiger charge is -2.25. The number of nitrogens with zero attached hydrogens (tertiary/aromatic N) is 4. The van der Waals surface area contributed by atoms with Crippen LogP contribution in [0.25, 0.3) is 22.1 Å². The third kappa shape index (κ3) is 3.22. The van der Waals surface area contributed by atoms with Gasteiger partial charge in [-0.25, -0.2) is 18.4 Å². The van der Waals surface area contributed by atoms with Crippen molar-refractivity contribution in [1.29, 1.82) is 0 Å². The molecule has 1 saturated heterocycles. The molecule has 1 fully saturated rings. The van der Waals surface area contributed by atoms with Crippen LogP contribution in [0.15, 0.2) is 40.9 Å². The Bertz CT molecular complexity index is 943. The minimum absolute atomic E-state index is 0.337. The molecule has 0 radical (unpaired) electrons. The van der Waals surface area contributed by atoms with Gasteiger partial charge in [0.2, 0.25) is 10.0 Å². The first-order valence-corrected chi connectivity index (χ1v) is 10.4. The van der Waals surface area contributed by atoms with Gasteiger partial charge in [0.05, 0.1) is 10.6 Å². The summed E-state index contributed by atoms with van der Waals surface area (Å²) in [5.41, 5.74) is 1.66. The highest BCUT2D eigenvalue weighted by molar-refractivity contribution is 7.89.